The molecular formula is C15H15N3O3. The van der Waals surface area contributed by atoms with Gasteiger partial charge in [-0.15, -0.1) is 6.42 Å². The minimum atomic E-state index is -1.13. The Balaban J connectivity index is 2.78. The van der Waals surface area contributed by atoms with Crippen LogP contribution in [0.5, 0.6) is 0 Å². The average molecular weight is 285 g/mol. The second kappa shape index (κ2) is 7.56. The Labute approximate surface area is 123 Å². The topological polar surface area (TPSA) is 84.6 Å². The van der Waals surface area contributed by atoms with Crippen molar-refractivity contribution in [2.24, 2.45) is 0 Å². The fourth-order valence-electron chi connectivity index (χ4n) is 1.79. The molecule has 21 heavy (non-hydrogen) atoms. The van der Waals surface area contributed by atoms with Crippen LogP contribution in [-0.4, -0.2) is 47.0 Å². The fourth-order valence-corrected chi connectivity index (χ4v) is 1.79. The number of rotatable bonds is 5. The Bertz CT molecular complexity index is 613. The van der Waals surface area contributed by atoms with Crippen molar-refractivity contribution in [3.8, 4) is 18.4 Å². The first-order valence-electron chi connectivity index (χ1n) is 6.12. The van der Waals surface area contributed by atoms with E-state index in [0.29, 0.717) is 5.56 Å². The molecule has 0 aliphatic carbocycles. The SMILES string of the molecule is C#CCN(CC(=O)O)C(=O)N(C)Cc1cccc(C#N)c1. The Hall–Kier alpha value is -2.99. The minimum absolute atomic E-state index is 0.0757. The molecule has 6 heteroatoms. The first-order chi connectivity index (χ1) is 9.97. The van der Waals surface area contributed by atoms with Gasteiger partial charge in [-0.3, -0.25) is 4.79 Å². The largest absolute Gasteiger partial charge is 0.480 e. The van der Waals surface area contributed by atoms with Gasteiger partial charge in [-0.05, 0) is 17.7 Å². The average Bonchev–Trinajstić information content (AvgIpc) is 2.45. The van der Waals surface area contributed by atoms with Crippen molar-refractivity contribution in [1.29, 1.82) is 5.26 Å². The van der Waals surface area contributed by atoms with Crippen LogP contribution in [0.1, 0.15) is 11.1 Å². The van der Waals surface area contributed by atoms with E-state index in [1.165, 1.54) is 4.90 Å². The predicted octanol–water partition coefficient (Wildman–Crippen LogP) is 1.13. The van der Waals surface area contributed by atoms with E-state index in [-0.39, 0.29) is 13.1 Å². The monoisotopic (exact) mass is 285 g/mol. The summed E-state index contributed by atoms with van der Waals surface area (Å²) in [6.45, 7) is -0.269. The zero-order valence-electron chi connectivity index (χ0n) is 11.6. The highest BCUT2D eigenvalue weighted by Crippen LogP contribution is 2.08. The molecule has 0 fully saturated rings. The minimum Gasteiger partial charge on any atom is -0.480 e. The summed E-state index contributed by atoms with van der Waals surface area (Å²) in [4.78, 5) is 25.3. The van der Waals surface area contributed by atoms with Gasteiger partial charge in [-0.1, -0.05) is 18.1 Å². The zero-order valence-corrected chi connectivity index (χ0v) is 11.6. The highest BCUT2D eigenvalue weighted by Gasteiger charge is 2.19. The standard InChI is InChI=1S/C15H15N3O3/c1-3-7-18(11-14(19)20)15(21)17(2)10-13-6-4-5-12(8-13)9-16/h1,4-6,8H,7,10-11H2,2H3,(H,19,20). The van der Waals surface area contributed by atoms with Crippen LogP contribution in [0.15, 0.2) is 24.3 Å². The smallest absolute Gasteiger partial charge is 0.323 e. The van der Waals surface area contributed by atoms with Crippen LogP contribution in [0.25, 0.3) is 0 Å². The summed E-state index contributed by atoms with van der Waals surface area (Å²) in [6.07, 6.45) is 5.14. The molecule has 6 nitrogen and oxygen atoms in total. The Kier molecular flexibility index (Phi) is 5.79. The van der Waals surface area contributed by atoms with Crippen molar-refractivity contribution in [1.82, 2.24) is 9.80 Å². The van der Waals surface area contributed by atoms with Crippen LogP contribution in [0.3, 0.4) is 0 Å². The number of urea groups is 1. The number of carbonyl (C=O) groups is 2. The summed E-state index contributed by atoms with van der Waals surface area (Å²) < 4.78 is 0. The number of benzene rings is 1. The lowest BCUT2D eigenvalue weighted by molar-refractivity contribution is -0.137. The molecule has 0 aliphatic rings. The quantitative estimate of drug-likeness (QED) is 0.822. The van der Waals surface area contributed by atoms with Gasteiger partial charge in [0.15, 0.2) is 0 Å². The van der Waals surface area contributed by atoms with Gasteiger partial charge in [-0.2, -0.15) is 5.26 Å². The second-order valence-corrected chi connectivity index (χ2v) is 4.40. The maximum Gasteiger partial charge on any atom is 0.323 e. The summed E-state index contributed by atoms with van der Waals surface area (Å²) >= 11 is 0. The molecule has 0 unspecified atom stereocenters. The van der Waals surface area contributed by atoms with Gasteiger partial charge in [0.2, 0.25) is 0 Å². The molecule has 0 heterocycles. The molecule has 0 radical (unpaired) electrons. The lowest BCUT2D eigenvalue weighted by Crippen LogP contribution is -2.43. The van der Waals surface area contributed by atoms with Crippen molar-refractivity contribution < 1.29 is 14.7 Å². The van der Waals surface area contributed by atoms with Gasteiger partial charge in [0.1, 0.15) is 6.54 Å². The van der Waals surface area contributed by atoms with Gasteiger partial charge in [0.05, 0.1) is 18.2 Å². The van der Waals surface area contributed by atoms with Crippen molar-refractivity contribution in [3.05, 3.63) is 35.4 Å². The first-order valence-corrected chi connectivity index (χ1v) is 6.12. The van der Waals surface area contributed by atoms with E-state index in [1.807, 2.05) is 6.07 Å². The Morgan fingerprint density at radius 1 is 1.43 bits per heavy atom. The van der Waals surface area contributed by atoms with E-state index in [4.69, 9.17) is 16.8 Å². The molecule has 0 aliphatic heterocycles. The van der Waals surface area contributed by atoms with Crippen LogP contribution in [-0.2, 0) is 11.3 Å². The first kappa shape index (κ1) is 16.1. The van der Waals surface area contributed by atoms with E-state index in [1.54, 1.807) is 31.3 Å². The number of carboxylic acid groups (broad SMARTS) is 1. The van der Waals surface area contributed by atoms with Crippen molar-refractivity contribution in [3.63, 3.8) is 0 Å². The number of nitrogens with zero attached hydrogens (tertiary/aromatic N) is 3. The maximum atomic E-state index is 12.2. The molecule has 1 aromatic carbocycles. The van der Waals surface area contributed by atoms with Gasteiger partial charge in [-0.25, -0.2) is 4.79 Å². The number of amides is 2. The zero-order chi connectivity index (χ0) is 15.8. The molecule has 0 atom stereocenters. The summed E-state index contributed by atoms with van der Waals surface area (Å²) in [5.74, 6) is 1.14. The number of terminal acetylenes is 1. The van der Waals surface area contributed by atoms with E-state index < -0.39 is 18.5 Å². The number of hydrogen-bond acceptors (Lipinski definition) is 3. The van der Waals surface area contributed by atoms with E-state index in [2.05, 4.69) is 5.92 Å². The normalized spacial score (nSPS) is 9.29. The summed E-state index contributed by atoms with van der Waals surface area (Å²) in [5.41, 5.74) is 1.28. The third-order valence-corrected chi connectivity index (χ3v) is 2.68. The molecule has 1 rings (SSSR count). The Morgan fingerprint density at radius 3 is 2.71 bits per heavy atom. The summed E-state index contributed by atoms with van der Waals surface area (Å²) in [5, 5.41) is 17.6. The maximum absolute atomic E-state index is 12.2. The van der Waals surface area contributed by atoms with Gasteiger partial charge >= 0.3 is 12.0 Å². The highest BCUT2D eigenvalue weighted by molar-refractivity contribution is 5.80. The lowest BCUT2D eigenvalue weighted by Gasteiger charge is -2.25. The molecule has 1 aromatic rings. The molecule has 0 spiro atoms. The number of carbonyl (C=O) groups excluding carboxylic acids is 1. The highest BCUT2D eigenvalue weighted by atomic mass is 16.4. The van der Waals surface area contributed by atoms with Gasteiger partial charge < -0.3 is 14.9 Å². The molecule has 0 aromatic heterocycles. The van der Waals surface area contributed by atoms with Crippen LogP contribution in [0.4, 0.5) is 4.79 Å². The van der Waals surface area contributed by atoms with E-state index >= 15 is 0 Å². The molecule has 0 saturated heterocycles. The van der Waals surface area contributed by atoms with Crippen LogP contribution >= 0.6 is 0 Å². The second-order valence-electron chi connectivity index (χ2n) is 4.40. The molecule has 0 saturated carbocycles. The number of hydrogen-bond donors (Lipinski definition) is 1. The number of aliphatic carboxylic acids is 1. The fraction of sp³-hybridized carbons (Fsp3) is 0.267. The molecule has 0 bridgehead atoms. The molecule has 2 amide bonds. The number of nitriles is 1. The predicted molar refractivity (Wildman–Crippen MR) is 76.1 cm³/mol. The van der Waals surface area contributed by atoms with Gasteiger partial charge in [0.25, 0.3) is 0 Å². The van der Waals surface area contributed by atoms with Gasteiger partial charge in [0, 0.05) is 13.6 Å². The van der Waals surface area contributed by atoms with Crippen LogP contribution in [0.2, 0.25) is 0 Å². The third kappa shape index (κ3) is 4.88. The third-order valence-electron chi connectivity index (χ3n) is 2.68. The molecule has 108 valence electrons. The van der Waals surface area contributed by atoms with E-state index in [0.717, 1.165) is 10.5 Å². The van der Waals surface area contributed by atoms with Crippen molar-refractivity contribution >= 4 is 12.0 Å². The number of carboxylic acids is 1. The molecular weight excluding hydrogens is 270 g/mol. The lowest BCUT2D eigenvalue weighted by atomic mass is 10.1. The van der Waals surface area contributed by atoms with Crippen molar-refractivity contribution in [2.45, 2.75) is 6.54 Å². The molecule has 1 N–H and O–H groups in total. The van der Waals surface area contributed by atoms with Crippen LogP contribution < -0.4 is 0 Å². The Morgan fingerprint density at radius 2 is 2.14 bits per heavy atom. The van der Waals surface area contributed by atoms with Crippen LogP contribution in [0, 0.1) is 23.7 Å². The summed E-state index contributed by atoms with van der Waals surface area (Å²) in [7, 11) is 1.55. The van der Waals surface area contributed by atoms with E-state index in [9.17, 15) is 9.59 Å². The summed E-state index contributed by atoms with van der Waals surface area (Å²) in [6, 6.07) is 8.40. The van der Waals surface area contributed by atoms with Crippen molar-refractivity contribution in [2.75, 3.05) is 20.1 Å².